The van der Waals surface area contributed by atoms with Gasteiger partial charge in [-0.05, 0) is 48.4 Å². The van der Waals surface area contributed by atoms with Crippen molar-refractivity contribution in [3.63, 3.8) is 0 Å². The van der Waals surface area contributed by atoms with Crippen molar-refractivity contribution in [3.8, 4) is 17.2 Å². The lowest BCUT2D eigenvalue weighted by atomic mass is 10.0. The van der Waals surface area contributed by atoms with Crippen LogP contribution in [0.5, 0.6) is 17.2 Å². The summed E-state index contributed by atoms with van der Waals surface area (Å²) < 4.78 is 18.1. The van der Waals surface area contributed by atoms with E-state index in [2.05, 4.69) is 11.1 Å². The van der Waals surface area contributed by atoms with Gasteiger partial charge in [0.1, 0.15) is 30.5 Å². The highest BCUT2D eigenvalue weighted by molar-refractivity contribution is 5.78. The Kier molecular flexibility index (Phi) is 7.12. The molecule has 0 saturated heterocycles. The van der Waals surface area contributed by atoms with E-state index in [4.69, 9.17) is 14.2 Å². The molecular formula is C30H30N2O5. The second-order valence-corrected chi connectivity index (χ2v) is 9.21. The lowest BCUT2D eigenvalue weighted by molar-refractivity contribution is -0.142. The number of carboxylic acid groups (broad SMARTS) is 1. The molecule has 7 heteroatoms. The number of hydrogen-bond donors (Lipinski definition) is 1. The zero-order valence-corrected chi connectivity index (χ0v) is 21.0. The van der Waals surface area contributed by atoms with Gasteiger partial charge in [0, 0.05) is 24.9 Å². The maximum absolute atomic E-state index is 11.5. The summed E-state index contributed by atoms with van der Waals surface area (Å²) >= 11 is 0. The number of anilines is 1. The molecule has 37 heavy (non-hydrogen) atoms. The van der Waals surface area contributed by atoms with Crippen molar-refractivity contribution in [2.45, 2.75) is 39.2 Å². The number of rotatable bonds is 10. The van der Waals surface area contributed by atoms with Crippen molar-refractivity contribution in [3.05, 3.63) is 90.1 Å². The average molecular weight is 499 g/mol. The largest absolute Gasteiger partial charge is 0.489 e. The minimum absolute atomic E-state index is 0.308. The molecule has 4 aromatic rings. The van der Waals surface area contributed by atoms with Crippen LogP contribution in [0.4, 0.5) is 5.69 Å². The van der Waals surface area contributed by atoms with Crippen molar-refractivity contribution in [1.29, 1.82) is 0 Å². The van der Waals surface area contributed by atoms with Gasteiger partial charge >= 0.3 is 5.97 Å². The number of pyridine rings is 1. The summed E-state index contributed by atoms with van der Waals surface area (Å²) in [6.45, 7) is 2.64. The molecule has 2 atom stereocenters. The zero-order chi connectivity index (χ0) is 25.8. The Bertz CT molecular complexity index is 1410. The second kappa shape index (κ2) is 10.8. The highest BCUT2D eigenvalue weighted by Gasteiger charge is 2.32. The molecule has 190 valence electrons. The average Bonchev–Trinajstić information content (AvgIpc) is 3.23. The first-order chi connectivity index (χ1) is 18.0. The summed E-state index contributed by atoms with van der Waals surface area (Å²) in [5.74, 6) is 0.903. The lowest BCUT2D eigenvalue weighted by Gasteiger charge is -2.22. The molecule has 0 spiro atoms. The molecule has 5 rings (SSSR count). The van der Waals surface area contributed by atoms with Crippen molar-refractivity contribution >= 4 is 22.6 Å². The maximum atomic E-state index is 11.5. The van der Waals surface area contributed by atoms with Gasteiger partial charge in [-0.15, -0.1) is 0 Å². The van der Waals surface area contributed by atoms with Gasteiger partial charge in [0.2, 0.25) is 0 Å². The molecule has 1 N–H and O–H groups in total. The predicted molar refractivity (Wildman–Crippen MR) is 142 cm³/mol. The molecule has 0 amide bonds. The molecule has 0 saturated carbocycles. The van der Waals surface area contributed by atoms with Gasteiger partial charge in [-0.3, -0.25) is 4.79 Å². The molecule has 0 aliphatic carbocycles. The zero-order valence-electron chi connectivity index (χ0n) is 21.0. The van der Waals surface area contributed by atoms with Crippen LogP contribution in [0.2, 0.25) is 0 Å². The molecule has 1 aliphatic rings. The summed E-state index contributed by atoms with van der Waals surface area (Å²) in [6.07, 6.45) is 0.682. The van der Waals surface area contributed by atoms with Crippen LogP contribution in [0.25, 0.3) is 10.9 Å². The number of carboxylic acids is 1. The van der Waals surface area contributed by atoms with Crippen molar-refractivity contribution in [1.82, 2.24) is 4.98 Å². The number of para-hydroxylation sites is 1. The number of benzene rings is 3. The molecule has 1 aromatic heterocycles. The monoisotopic (exact) mass is 498 g/mol. The molecule has 3 aromatic carbocycles. The third-order valence-electron chi connectivity index (χ3n) is 6.68. The summed E-state index contributed by atoms with van der Waals surface area (Å²) in [7, 11) is 1.92. The van der Waals surface area contributed by atoms with Gasteiger partial charge in [-0.1, -0.05) is 43.3 Å². The van der Waals surface area contributed by atoms with Crippen LogP contribution < -0.4 is 19.1 Å². The molecule has 2 unspecified atom stereocenters. The number of aliphatic carboxylic acids is 1. The SMILES string of the molecule is CCC(CC1Oc2cc(OCc3cccc(OCc4ccc5ccccc5n4)c3)ccc2N1C)C(=O)O. The highest BCUT2D eigenvalue weighted by atomic mass is 16.5. The smallest absolute Gasteiger partial charge is 0.306 e. The van der Waals surface area contributed by atoms with E-state index in [-0.39, 0.29) is 6.23 Å². The first-order valence-corrected chi connectivity index (χ1v) is 12.5. The summed E-state index contributed by atoms with van der Waals surface area (Å²) in [6, 6.07) is 25.6. The van der Waals surface area contributed by atoms with E-state index in [0.29, 0.717) is 37.6 Å². The van der Waals surface area contributed by atoms with Gasteiger partial charge in [0.15, 0.2) is 6.23 Å². The third kappa shape index (κ3) is 5.61. The van der Waals surface area contributed by atoms with Gasteiger partial charge in [-0.25, -0.2) is 4.98 Å². The number of ether oxygens (including phenoxy) is 3. The summed E-state index contributed by atoms with van der Waals surface area (Å²) in [4.78, 5) is 18.1. The van der Waals surface area contributed by atoms with Gasteiger partial charge < -0.3 is 24.2 Å². The fourth-order valence-corrected chi connectivity index (χ4v) is 4.48. The van der Waals surface area contributed by atoms with Crippen LogP contribution in [0.3, 0.4) is 0 Å². The quantitative estimate of drug-likeness (QED) is 0.285. The number of fused-ring (bicyclic) bond motifs is 2. The van der Waals surface area contributed by atoms with E-state index in [1.54, 1.807) is 0 Å². The molecular weight excluding hydrogens is 468 g/mol. The second-order valence-electron chi connectivity index (χ2n) is 9.21. The molecule has 0 radical (unpaired) electrons. The number of nitrogens with zero attached hydrogens (tertiary/aromatic N) is 2. The Morgan fingerprint density at radius 3 is 2.65 bits per heavy atom. The molecule has 0 bridgehead atoms. The van der Waals surface area contributed by atoms with Crippen LogP contribution >= 0.6 is 0 Å². The Balaban J connectivity index is 1.18. The molecule has 1 aliphatic heterocycles. The minimum atomic E-state index is -0.792. The molecule has 7 nitrogen and oxygen atoms in total. The first kappa shape index (κ1) is 24.4. The van der Waals surface area contributed by atoms with Gasteiger partial charge in [-0.2, -0.15) is 0 Å². The van der Waals surface area contributed by atoms with Gasteiger partial charge in [0.05, 0.1) is 22.8 Å². The number of hydrogen-bond acceptors (Lipinski definition) is 6. The fourth-order valence-electron chi connectivity index (χ4n) is 4.48. The van der Waals surface area contributed by atoms with Crippen molar-refractivity contribution in [2.75, 3.05) is 11.9 Å². The summed E-state index contributed by atoms with van der Waals surface area (Å²) in [5, 5.41) is 10.5. The van der Waals surface area contributed by atoms with Crippen LogP contribution in [-0.4, -0.2) is 29.3 Å². The van der Waals surface area contributed by atoms with Gasteiger partial charge in [0.25, 0.3) is 0 Å². The van der Waals surface area contributed by atoms with Crippen molar-refractivity contribution < 1.29 is 24.1 Å². The number of aromatic nitrogens is 1. The lowest BCUT2D eigenvalue weighted by Crippen LogP contribution is -2.34. The minimum Gasteiger partial charge on any atom is -0.489 e. The number of carbonyl (C=O) groups is 1. The van der Waals surface area contributed by atoms with Crippen LogP contribution in [0.1, 0.15) is 31.0 Å². The third-order valence-corrected chi connectivity index (χ3v) is 6.68. The molecule has 0 fully saturated rings. The standard InChI is InChI=1S/C30H30N2O5/c1-3-21(30(33)34)16-29-32(2)27-14-13-25(17-28(27)37-29)35-18-20-7-6-9-24(15-20)36-19-23-12-11-22-8-4-5-10-26(22)31-23/h4-15,17,21,29H,3,16,18-19H2,1-2H3,(H,33,34). The van der Waals surface area contributed by atoms with Crippen molar-refractivity contribution in [2.24, 2.45) is 5.92 Å². The Labute approximate surface area is 216 Å². The Morgan fingerprint density at radius 2 is 1.81 bits per heavy atom. The summed E-state index contributed by atoms with van der Waals surface area (Å²) in [5.41, 5.74) is 3.73. The van der Waals surface area contributed by atoms with E-state index in [1.807, 2.05) is 91.7 Å². The Hall–Kier alpha value is -4.26. The first-order valence-electron chi connectivity index (χ1n) is 12.5. The van der Waals surface area contributed by atoms with E-state index in [9.17, 15) is 9.90 Å². The van der Waals surface area contributed by atoms with Crippen LogP contribution in [0, 0.1) is 5.92 Å². The predicted octanol–water partition coefficient (Wildman–Crippen LogP) is 6.05. The van der Waals surface area contributed by atoms with E-state index in [1.165, 1.54) is 0 Å². The van der Waals surface area contributed by atoms with Crippen LogP contribution in [-0.2, 0) is 18.0 Å². The maximum Gasteiger partial charge on any atom is 0.306 e. The normalized spacial score (nSPS) is 15.2. The fraction of sp³-hybridized carbons (Fsp3) is 0.267. The molecule has 2 heterocycles. The van der Waals surface area contributed by atoms with E-state index >= 15 is 0 Å². The van der Waals surface area contributed by atoms with Crippen LogP contribution in [0.15, 0.2) is 78.9 Å². The van der Waals surface area contributed by atoms with E-state index in [0.717, 1.165) is 33.6 Å². The highest BCUT2D eigenvalue weighted by Crippen LogP contribution is 2.40. The Morgan fingerprint density at radius 1 is 1.00 bits per heavy atom. The topological polar surface area (TPSA) is 81.1 Å². The van der Waals surface area contributed by atoms with E-state index < -0.39 is 11.9 Å².